The molecule has 6 nitrogen and oxygen atoms in total. The van der Waals surface area contributed by atoms with Gasteiger partial charge in [0, 0.05) is 81.6 Å². The van der Waals surface area contributed by atoms with Crippen LogP contribution in [0.2, 0.25) is 5.02 Å². The molecule has 0 atom stereocenters. The first-order valence-electron chi connectivity index (χ1n) is 13.9. The van der Waals surface area contributed by atoms with E-state index in [-0.39, 0.29) is 38.6 Å². The molecular weight excluding hydrogens is 635 g/mol. The first-order valence-corrected chi connectivity index (χ1v) is 16.0. The largest absolute Gasteiger partial charge is 0.431 e. The van der Waals surface area contributed by atoms with Crippen LogP contribution in [-0.4, -0.2) is 61.1 Å². The van der Waals surface area contributed by atoms with Gasteiger partial charge in [0.1, 0.15) is 10.7 Å². The number of piperazine rings is 1. The molecule has 213 valence electrons. The molecular formula is C30H38ClN5OS2Y-2. The predicted molar refractivity (Wildman–Crippen MR) is 168 cm³/mol. The van der Waals surface area contributed by atoms with Gasteiger partial charge in [0.25, 0.3) is 5.91 Å². The SMILES string of the molecule is [CH2-]CN(C[CH2-])c1c(C)cc(C(=O)Nc2nc(-c3cc(Cl)cs3)c(N3CCN(C4CCCCC4)CC3)s2)cc1C.[Y]. The first-order chi connectivity index (χ1) is 18.9. The fraction of sp³-hybridized carbons (Fsp3) is 0.467. The molecule has 5 rings (SSSR count). The Kier molecular flexibility index (Phi) is 11.5. The van der Waals surface area contributed by atoms with Crippen molar-refractivity contribution in [3.63, 3.8) is 0 Å². The number of aryl methyl sites for hydroxylation is 2. The molecule has 1 amide bonds. The fourth-order valence-electron chi connectivity index (χ4n) is 6.00. The molecule has 3 heterocycles. The standard InChI is InChI=1S/C30H38ClN5OS2.Y/c1-5-34(6-2)27-20(3)16-22(17-21(27)4)28(37)33-30-32-26(25-18-23(31)19-38-25)29(39-30)36-14-12-35(13-15-36)24-10-8-7-9-11-24;/h16-19,24H,1-2,5-15H2,3-4H3,(H,32,33,37);/q-2;. The third-order valence-corrected chi connectivity index (χ3v) is 10.2. The van der Waals surface area contributed by atoms with Gasteiger partial charge >= 0.3 is 0 Å². The number of rotatable bonds is 8. The second-order valence-electron chi connectivity index (χ2n) is 10.5. The number of thiazole rings is 1. The Bertz CT molecular complexity index is 1270. The van der Waals surface area contributed by atoms with E-state index >= 15 is 0 Å². The van der Waals surface area contributed by atoms with Crippen LogP contribution >= 0.6 is 34.3 Å². The quantitative estimate of drug-likeness (QED) is 0.254. The van der Waals surface area contributed by atoms with Crippen molar-refractivity contribution in [2.75, 3.05) is 54.4 Å². The molecule has 1 aromatic carbocycles. The molecule has 40 heavy (non-hydrogen) atoms. The molecule has 2 fully saturated rings. The molecule has 3 aromatic rings. The molecule has 1 radical (unpaired) electrons. The van der Waals surface area contributed by atoms with E-state index in [0.717, 1.165) is 64.6 Å². The molecule has 2 aliphatic rings. The van der Waals surface area contributed by atoms with Gasteiger partial charge in [-0.2, -0.15) is 0 Å². The minimum Gasteiger partial charge on any atom is -0.431 e. The summed E-state index contributed by atoms with van der Waals surface area (Å²) in [5.74, 6) is -0.151. The molecule has 10 heteroatoms. The third-order valence-electron chi connectivity index (χ3n) is 7.93. The smallest absolute Gasteiger partial charge is 0.257 e. The fourth-order valence-corrected chi connectivity index (χ4v) is 8.16. The molecule has 0 spiro atoms. The zero-order valence-corrected chi connectivity index (χ0v) is 28.8. The molecule has 1 saturated carbocycles. The van der Waals surface area contributed by atoms with Crippen molar-refractivity contribution in [2.45, 2.75) is 52.0 Å². The number of amides is 1. The van der Waals surface area contributed by atoms with E-state index in [1.165, 1.54) is 32.1 Å². The monoisotopic (exact) mass is 672 g/mol. The van der Waals surface area contributed by atoms with Gasteiger partial charge in [-0.05, 0) is 56.0 Å². The average Bonchev–Trinajstić information content (AvgIpc) is 3.57. The predicted octanol–water partition coefficient (Wildman–Crippen LogP) is 7.32. The summed E-state index contributed by atoms with van der Waals surface area (Å²) in [4.78, 5) is 26.6. The van der Waals surface area contributed by atoms with Gasteiger partial charge in [-0.25, -0.2) is 4.98 Å². The Balaban J connectivity index is 0.00000370. The Morgan fingerprint density at radius 1 is 1.07 bits per heavy atom. The van der Waals surface area contributed by atoms with Gasteiger partial charge in [0.05, 0.1) is 9.90 Å². The number of hydrogen-bond donors (Lipinski definition) is 1. The molecule has 1 N–H and O–H groups in total. The molecule has 0 unspecified atom stereocenters. The maximum atomic E-state index is 13.4. The van der Waals surface area contributed by atoms with E-state index in [2.05, 4.69) is 33.9 Å². The van der Waals surface area contributed by atoms with Crippen molar-refractivity contribution < 1.29 is 37.5 Å². The Morgan fingerprint density at radius 3 is 2.30 bits per heavy atom. The summed E-state index contributed by atoms with van der Waals surface area (Å²) in [5.41, 5.74) is 4.70. The zero-order chi connectivity index (χ0) is 27.5. The summed E-state index contributed by atoms with van der Waals surface area (Å²) in [7, 11) is 0. The maximum absolute atomic E-state index is 13.4. The summed E-state index contributed by atoms with van der Waals surface area (Å²) in [6.45, 7) is 17.4. The van der Waals surface area contributed by atoms with Crippen molar-refractivity contribution in [1.82, 2.24) is 9.88 Å². The summed E-state index contributed by atoms with van der Waals surface area (Å²) < 4.78 is 0. The number of hydrogen-bond acceptors (Lipinski definition) is 7. The number of thiophene rings is 1. The minimum atomic E-state index is -0.151. The van der Waals surface area contributed by atoms with Crippen LogP contribution in [0.25, 0.3) is 10.6 Å². The molecule has 1 aliphatic carbocycles. The zero-order valence-electron chi connectivity index (χ0n) is 23.5. The summed E-state index contributed by atoms with van der Waals surface area (Å²) in [6, 6.07) is 6.58. The minimum absolute atomic E-state index is 0. The second kappa shape index (κ2) is 14.4. The van der Waals surface area contributed by atoms with E-state index in [4.69, 9.17) is 16.6 Å². The van der Waals surface area contributed by atoms with Crippen LogP contribution < -0.4 is 15.1 Å². The summed E-state index contributed by atoms with van der Waals surface area (Å²) >= 11 is 9.44. The molecule has 0 bridgehead atoms. The van der Waals surface area contributed by atoms with E-state index in [1.807, 2.05) is 37.4 Å². The Labute approximate surface area is 277 Å². The number of aromatic nitrogens is 1. The van der Waals surface area contributed by atoms with Crippen LogP contribution in [0.4, 0.5) is 15.8 Å². The van der Waals surface area contributed by atoms with Gasteiger partial charge < -0.3 is 23.6 Å². The van der Waals surface area contributed by atoms with Crippen molar-refractivity contribution in [3.05, 3.63) is 59.1 Å². The number of nitrogens with zero attached hydrogens (tertiary/aromatic N) is 4. The van der Waals surface area contributed by atoms with Crippen molar-refractivity contribution in [2.24, 2.45) is 0 Å². The van der Waals surface area contributed by atoms with E-state index in [1.54, 1.807) is 22.7 Å². The van der Waals surface area contributed by atoms with Gasteiger partial charge in [-0.3, -0.25) is 15.0 Å². The van der Waals surface area contributed by atoms with Crippen LogP contribution in [0.15, 0.2) is 23.6 Å². The third kappa shape index (κ3) is 7.12. The molecule has 1 saturated heterocycles. The van der Waals surface area contributed by atoms with Crippen LogP contribution in [0.3, 0.4) is 0 Å². The second-order valence-corrected chi connectivity index (χ2v) is 12.8. The van der Waals surface area contributed by atoms with Crippen LogP contribution in [0, 0.1) is 27.7 Å². The number of carbonyl (C=O) groups excluding carboxylic acids is 1. The van der Waals surface area contributed by atoms with E-state index in [0.29, 0.717) is 28.8 Å². The van der Waals surface area contributed by atoms with Crippen LogP contribution in [0.1, 0.15) is 53.6 Å². The van der Waals surface area contributed by atoms with Gasteiger partial charge in [0.2, 0.25) is 0 Å². The Hall–Kier alpha value is -1.03. The van der Waals surface area contributed by atoms with Crippen molar-refractivity contribution in [3.8, 4) is 10.6 Å². The number of benzene rings is 1. The van der Waals surface area contributed by atoms with Crippen LogP contribution in [-0.2, 0) is 32.7 Å². The summed E-state index contributed by atoms with van der Waals surface area (Å²) in [5, 5.41) is 7.46. The Morgan fingerprint density at radius 2 is 1.73 bits per heavy atom. The first kappa shape index (κ1) is 31.9. The number of nitrogens with one attached hydrogen (secondary N) is 1. The topological polar surface area (TPSA) is 51.7 Å². The number of anilines is 3. The van der Waals surface area contributed by atoms with Crippen molar-refractivity contribution >= 4 is 56.0 Å². The summed E-state index contributed by atoms with van der Waals surface area (Å²) in [6.07, 6.45) is 6.76. The number of carbonyl (C=O) groups is 1. The van der Waals surface area contributed by atoms with Crippen molar-refractivity contribution in [1.29, 1.82) is 0 Å². The average molecular weight is 673 g/mol. The number of halogens is 1. The van der Waals surface area contributed by atoms with E-state index in [9.17, 15) is 4.79 Å². The van der Waals surface area contributed by atoms with Crippen LogP contribution in [0.5, 0.6) is 0 Å². The molecule has 1 aliphatic heterocycles. The van der Waals surface area contributed by atoms with Gasteiger partial charge in [-0.15, -0.1) is 24.4 Å². The van der Waals surface area contributed by atoms with Gasteiger partial charge in [-0.1, -0.05) is 42.2 Å². The molecule has 2 aromatic heterocycles. The maximum Gasteiger partial charge on any atom is 0.257 e. The normalized spacial score (nSPS) is 16.6. The van der Waals surface area contributed by atoms with E-state index < -0.39 is 0 Å². The van der Waals surface area contributed by atoms with Gasteiger partial charge in [0.15, 0.2) is 5.13 Å².